The topological polar surface area (TPSA) is 58.2 Å². The summed E-state index contributed by atoms with van der Waals surface area (Å²) < 4.78 is 26.3. The molecule has 0 aromatic carbocycles. The van der Waals surface area contributed by atoms with Gasteiger partial charge in [0.1, 0.15) is 0 Å². The van der Waals surface area contributed by atoms with Crippen LogP contribution in [-0.2, 0) is 10.0 Å². The number of rotatable bonds is 5. The predicted octanol–water partition coefficient (Wildman–Crippen LogP) is 0.561. The first-order valence-corrected chi connectivity index (χ1v) is 7.90. The van der Waals surface area contributed by atoms with Crippen LogP contribution in [0.1, 0.15) is 26.2 Å². The summed E-state index contributed by atoms with van der Waals surface area (Å²) in [5.41, 5.74) is 0. The largest absolute Gasteiger partial charge is 0.316 e. The second-order valence-corrected chi connectivity index (χ2v) is 7.17. The van der Waals surface area contributed by atoms with Crippen LogP contribution < -0.4 is 10.0 Å². The highest BCUT2D eigenvalue weighted by atomic mass is 32.2. The van der Waals surface area contributed by atoms with E-state index >= 15 is 0 Å². The van der Waals surface area contributed by atoms with Crippen LogP contribution in [0.4, 0.5) is 0 Å². The molecule has 0 aromatic heterocycles. The molecule has 1 heterocycles. The fraction of sp³-hybridized carbons (Fsp3) is 1.00. The van der Waals surface area contributed by atoms with Crippen LogP contribution in [0.3, 0.4) is 0 Å². The summed E-state index contributed by atoms with van der Waals surface area (Å²) in [6.45, 7) is 4.69. The fourth-order valence-corrected chi connectivity index (χ4v) is 3.84. The maximum absolute atomic E-state index is 11.8. The average molecular weight is 246 g/mol. The van der Waals surface area contributed by atoms with Crippen molar-refractivity contribution in [2.24, 2.45) is 17.8 Å². The Kier molecular flexibility index (Phi) is 3.87. The smallest absolute Gasteiger partial charge is 0.211 e. The third kappa shape index (κ3) is 3.71. The minimum absolute atomic E-state index is 0.293. The molecule has 0 bridgehead atoms. The van der Waals surface area contributed by atoms with Gasteiger partial charge in [-0.25, -0.2) is 13.1 Å². The van der Waals surface area contributed by atoms with E-state index in [0.717, 1.165) is 25.9 Å². The third-order valence-electron chi connectivity index (χ3n) is 3.70. The van der Waals surface area contributed by atoms with Gasteiger partial charge in [0.05, 0.1) is 5.75 Å². The molecule has 1 aliphatic heterocycles. The van der Waals surface area contributed by atoms with Gasteiger partial charge in [0.15, 0.2) is 0 Å². The van der Waals surface area contributed by atoms with E-state index in [4.69, 9.17) is 0 Å². The van der Waals surface area contributed by atoms with Crippen LogP contribution in [0.2, 0.25) is 0 Å². The standard InChI is InChI=1S/C11H22N2O2S/c1-9-5-11(9)7-13-16(14,15)8-10-3-2-4-12-6-10/h9-13H,2-8H2,1H3. The first kappa shape index (κ1) is 12.3. The van der Waals surface area contributed by atoms with Gasteiger partial charge in [0.25, 0.3) is 0 Å². The quantitative estimate of drug-likeness (QED) is 0.745. The monoisotopic (exact) mass is 246 g/mol. The van der Waals surface area contributed by atoms with Gasteiger partial charge >= 0.3 is 0 Å². The van der Waals surface area contributed by atoms with Crippen molar-refractivity contribution in [3.63, 3.8) is 0 Å². The normalized spacial score (nSPS) is 34.9. The van der Waals surface area contributed by atoms with Crippen molar-refractivity contribution in [1.82, 2.24) is 10.0 Å². The Morgan fingerprint density at radius 2 is 2.19 bits per heavy atom. The second kappa shape index (κ2) is 5.02. The van der Waals surface area contributed by atoms with Crippen LogP contribution in [0.15, 0.2) is 0 Å². The Balaban J connectivity index is 1.73. The van der Waals surface area contributed by atoms with E-state index in [9.17, 15) is 8.42 Å². The highest BCUT2D eigenvalue weighted by Gasteiger charge is 2.33. The molecule has 2 aliphatic rings. The molecule has 16 heavy (non-hydrogen) atoms. The van der Waals surface area contributed by atoms with Gasteiger partial charge in [-0.1, -0.05) is 6.92 Å². The lowest BCUT2D eigenvalue weighted by atomic mass is 10.0. The first-order valence-electron chi connectivity index (χ1n) is 6.25. The molecule has 2 rings (SSSR count). The summed E-state index contributed by atoms with van der Waals surface area (Å²) in [4.78, 5) is 0. The SMILES string of the molecule is CC1CC1CNS(=O)(=O)CC1CCCNC1. The molecule has 0 aromatic rings. The Bertz CT molecular complexity index is 323. The van der Waals surface area contributed by atoms with Crippen molar-refractivity contribution in [3.05, 3.63) is 0 Å². The minimum atomic E-state index is -3.05. The number of piperidine rings is 1. The number of hydrogen-bond donors (Lipinski definition) is 2. The van der Waals surface area contributed by atoms with Gasteiger partial charge in [-0.15, -0.1) is 0 Å². The molecule has 1 saturated heterocycles. The van der Waals surface area contributed by atoms with Crippen molar-refractivity contribution in [2.45, 2.75) is 26.2 Å². The summed E-state index contributed by atoms with van der Waals surface area (Å²) in [5.74, 6) is 1.88. The van der Waals surface area contributed by atoms with Gasteiger partial charge < -0.3 is 5.32 Å². The lowest BCUT2D eigenvalue weighted by molar-refractivity contribution is 0.402. The summed E-state index contributed by atoms with van der Waals surface area (Å²) in [5, 5.41) is 3.25. The molecular formula is C11H22N2O2S. The van der Waals surface area contributed by atoms with Gasteiger partial charge in [-0.05, 0) is 50.1 Å². The highest BCUT2D eigenvalue weighted by molar-refractivity contribution is 7.89. The second-order valence-electron chi connectivity index (χ2n) is 5.32. The van der Waals surface area contributed by atoms with Crippen molar-refractivity contribution in [3.8, 4) is 0 Å². The van der Waals surface area contributed by atoms with E-state index in [1.54, 1.807) is 0 Å². The van der Waals surface area contributed by atoms with Gasteiger partial charge in [-0.3, -0.25) is 0 Å². The molecule has 1 aliphatic carbocycles. The number of nitrogens with one attached hydrogen (secondary N) is 2. The molecule has 2 N–H and O–H groups in total. The van der Waals surface area contributed by atoms with E-state index in [0.29, 0.717) is 30.1 Å². The molecule has 1 saturated carbocycles. The van der Waals surface area contributed by atoms with Crippen LogP contribution >= 0.6 is 0 Å². The van der Waals surface area contributed by atoms with E-state index in [-0.39, 0.29) is 0 Å². The average Bonchev–Trinajstić information content (AvgIpc) is 2.93. The fourth-order valence-electron chi connectivity index (χ4n) is 2.35. The van der Waals surface area contributed by atoms with Crippen LogP contribution in [0.5, 0.6) is 0 Å². The van der Waals surface area contributed by atoms with E-state index in [1.165, 1.54) is 6.42 Å². The summed E-state index contributed by atoms with van der Waals surface area (Å²) >= 11 is 0. The molecular weight excluding hydrogens is 224 g/mol. The Morgan fingerprint density at radius 3 is 2.75 bits per heavy atom. The molecule has 3 atom stereocenters. The summed E-state index contributed by atoms with van der Waals surface area (Å²) in [6, 6.07) is 0. The van der Waals surface area contributed by atoms with Crippen molar-refractivity contribution in [2.75, 3.05) is 25.4 Å². The Hall–Kier alpha value is -0.130. The Morgan fingerprint density at radius 1 is 1.44 bits per heavy atom. The lowest BCUT2D eigenvalue weighted by Crippen LogP contribution is -2.38. The lowest BCUT2D eigenvalue weighted by Gasteiger charge is -2.22. The van der Waals surface area contributed by atoms with Crippen LogP contribution in [0.25, 0.3) is 0 Å². The zero-order chi connectivity index (χ0) is 11.6. The first-order chi connectivity index (χ1) is 7.57. The molecule has 0 amide bonds. The van der Waals surface area contributed by atoms with E-state index < -0.39 is 10.0 Å². The van der Waals surface area contributed by atoms with Gasteiger partial charge in [0, 0.05) is 6.54 Å². The van der Waals surface area contributed by atoms with Crippen LogP contribution in [0, 0.1) is 17.8 Å². The molecule has 2 fully saturated rings. The molecule has 94 valence electrons. The van der Waals surface area contributed by atoms with Gasteiger partial charge in [-0.2, -0.15) is 0 Å². The number of hydrogen-bond acceptors (Lipinski definition) is 3. The molecule has 5 heteroatoms. The van der Waals surface area contributed by atoms with Crippen molar-refractivity contribution in [1.29, 1.82) is 0 Å². The maximum atomic E-state index is 11.8. The van der Waals surface area contributed by atoms with Gasteiger partial charge in [0.2, 0.25) is 10.0 Å². The summed E-state index contributed by atoms with van der Waals surface area (Å²) in [7, 11) is -3.05. The van der Waals surface area contributed by atoms with Crippen molar-refractivity contribution < 1.29 is 8.42 Å². The van der Waals surface area contributed by atoms with Crippen molar-refractivity contribution >= 4 is 10.0 Å². The zero-order valence-corrected chi connectivity index (χ0v) is 10.7. The highest BCUT2D eigenvalue weighted by Crippen LogP contribution is 2.36. The van der Waals surface area contributed by atoms with Crippen LogP contribution in [-0.4, -0.2) is 33.8 Å². The number of sulfonamides is 1. The molecule has 0 spiro atoms. The molecule has 0 radical (unpaired) electrons. The molecule has 3 unspecified atom stereocenters. The third-order valence-corrected chi connectivity index (χ3v) is 5.21. The Labute approximate surface area is 98.2 Å². The maximum Gasteiger partial charge on any atom is 0.211 e. The predicted molar refractivity (Wildman–Crippen MR) is 64.7 cm³/mol. The minimum Gasteiger partial charge on any atom is -0.316 e. The van der Waals surface area contributed by atoms with E-state index in [1.807, 2.05) is 0 Å². The molecule has 4 nitrogen and oxygen atoms in total. The summed E-state index contributed by atoms with van der Waals surface area (Å²) in [6.07, 6.45) is 3.31. The zero-order valence-electron chi connectivity index (χ0n) is 9.91. The van der Waals surface area contributed by atoms with E-state index in [2.05, 4.69) is 17.0 Å².